The number of piperidine rings is 1. The summed E-state index contributed by atoms with van der Waals surface area (Å²) in [6.45, 7) is 4.33. The number of urea groups is 1. The average molecular weight is 254 g/mol. The molecular weight excluding hydrogens is 232 g/mol. The second-order valence-electron chi connectivity index (χ2n) is 5.31. The summed E-state index contributed by atoms with van der Waals surface area (Å²) in [5.41, 5.74) is 0. The lowest BCUT2D eigenvalue weighted by molar-refractivity contribution is -0.141. The Kier molecular flexibility index (Phi) is 4.09. The molecule has 0 spiro atoms. The van der Waals surface area contributed by atoms with E-state index >= 15 is 0 Å². The zero-order chi connectivity index (χ0) is 13.1. The fraction of sp³-hybridized carbons (Fsp3) is 0.846. The first kappa shape index (κ1) is 13.2. The lowest BCUT2D eigenvalue weighted by Gasteiger charge is -2.35. The van der Waals surface area contributed by atoms with E-state index in [2.05, 4.69) is 6.92 Å². The van der Waals surface area contributed by atoms with Crippen molar-refractivity contribution in [3.8, 4) is 0 Å². The van der Waals surface area contributed by atoms with Crippen molar-refractivity contribution in [1.82, 2.24) is 9.80 Å². The van der Waals surface area contributed by atoms with Gasteiger partial charge in [0.15, 0.2) is 0 Å². The molecule has 2 aliphatic rings. The molecule has 0 aromatic rings. The first-order chi connectivity index (χ1) is 8.63. The van der Waals surface area contributed by atoms with Crippen LogP contribution in [0.3, 0.4) is 0 Å². The number of amides is 2. The second-order valence-corrected chi connectivity index (χ2v) is 5.31. The van der Waals surface area contributed by atoms with Gasteiger partial charge in [-0.1, -0.05) is 13.3 Å². The summed E-state index contributed by atoms with van der Waals surface area (Å²) in [7, 11) is 0. The molecule has 5 nitrogen and oxygen atoms in total. The Morgan fingerprint density at radius 1 is 1.17 bits per heavy atom. The van der Waals surface area contributed by atoms with Gasteiger partial charge in [-0.25, -0.2) is 9.59 Å². The topological polar surface area (TPSA) is 60.9 Å². The maximum absolute atomic E-state index is 12.3. The van der Waals surface area contributed by atoms with E-state index in [1.807, 2.05) is 4.90 Å². The van der Waals surface area contributed by atoms with Crippen LogP contribution in [0, 0.1) is 5.92 Å². The smallest absolute Gasteiger partial charge is 0.326 e. The minimum Gasteiger partial charge on any atom is -0.480 e. The average Bonchev–Trinajstić information content (AvgIpc) is 2.87. The first-order valence-electron chi connectivity index (χ1n) is 6.91. The standard InChI is InChI=1S/C13H22N2O3/c1-2-10-5-8-14(9-6-10)13(18)15-7-3-4-11(15)12(16)17/h10-11H,2-9H2,1H3,(H,16,17). The van der Waals surface area contributed by atoms with Crippen molar-refractivity contribution >= 4 is 12.0 Å². The lowest BCUT2D eigenvalue weighted by Crippen LogP contribution is -2.50. The van der Waals surface area contributed by atoms with Gasteiger partial charge in [0.05, 0.1) is 0 Å². The monoisotopic (exact) mass is 254 g/mol. The van der Waals surface area contributed by atoms with Gasteiger partial charge in [-0.05, 0) is 31.6 Å². The van der Waals surface area contributed by atoms with E-state index in [4.69, 9.17) is 5.11 Å². The molecule has 0 aliphatic carbocycles. The number of nitrogens with zero attached hydrogens (tertiary/aromatic N) is 2. The molecule has 2 amide bonds. The van der Waals surface area contributed by atoms with E-state index in [-0.39, 0.29) is 6.03 Å². The van der Waals surface area contributed by atoms with Gasteiger partial charge in [0.25, 0.3) is 0 Å². The summed E-state index contributed by atoms with van der Waals surface area (Å²) in [6.07, 6.45) is 4.66. The number of hydrogen-bond acceptors (Lipinski definition) is 2. The molecular formula is C13H22N2O3. The lowest BCUT2D eigenvalue weighted by atomic mass is 9.95. The highest BCUT2D eigenvalue weighted by Crippen LogP contribution is 2.24. The molecule has 0 radical (unpaired) electrons. The van der Waals surface area contributed by atoms with Crippen LogP contribution in [0.25, 0.3) is 0 Å². The molecule has 0 saturated carbocycles. The van der Waals surface area contributed by atoms with Crippen LogP contribution in [-0.4, -0.2) is 52.6 Å². The fourth-order valence-corrected chi connectivity index (χ4v) is 2.97. The summed E-state index contributed by atoms with van der Waals surface area (Å²) in [5, 5.41) is 9.10. The number of hydrogen-bond donors (Lipinski definition) is 1. The zero-order valence-corrected chi connectivity index (χ0v) is 11.0. The van der Waals surface area contributed by atoms with Crippen LogP contribution in [-0.2, 0) is 4.79 Å². The molecule has 1 atom stereocenters. The van der Waals surface area contributed by atoms with Gasteiger partial charge in [0, 0.05) is 19.6 Å². The van der Waals surface area contributed by atoms with E-state index < -0.39 is 12.0 Å². The largest absolute Gasteiger partial charge is 0.480 e. The Morgan fingerprint density at radius 3 is 2.39 bits per heavy atom. The van der Waals surface area contributed by atoms with Gasteiger partial charge in [0.1, 0.15) is 6.04 Å². The third-order valence-corrected chi connectivity index (χ3v) is 4.25. The SMILES string of the molecule is CCC1CCN(C(=O)N2CCCC2C(=O)O)CC1. The highest BCUT2D eigenvalue weighted by atomic mass is 16.4. The number of aliphatic carboxylic acids is 1. The Morgan fingerprint density at radius 2 is 1.83 bits per heavy atom. The molecule has 1 unspecified atom stereocenters. The summed E-state index contributed by atoms with van der Waals surface area (Å²) in [4.78, 5) is 26.7. The van der Waals surface area contributed by atoms with E-state index in [1.165, 1.54) is 11.3 Å². The Bertz CT molecular complexity index is 324. The molecule has 1 N–H and O–H groups in total. The summed E-state index contributed by atoms with van der Waals surface area (Å²) in [5.74, 6) is -0.146. The van der Waals surface area contributed by atoms with Gasteiger partial charge < -0.3 is 14.9 Å². The number of rotatable bonds is 2. The molecule has 2 rings (SSSR count). The molecule has 2 heterocycles. The first-order valence-corrected chi connectivity index (χ1v) is 6.91. The van der Waals surface area contributed by atoms with Crippen LogP contribution < -0.4 is 0 Å². The summed E-state index contributed by atoms with van der Waals surface area (Å²) in [6, 6.07) is -0.684. The van der Waals surface area contributed by atoms with Crippen LogP contribution in [0.4, 0.5) is 4.79 Å². The van der Waals surface area contributed by atoms with Gasteiger partial charge in [0.2, 0.25) is 0 Å². The summed E-state index contributed by atoms with van der Waals surface area (Å²) >= 11 is 0. The number of carbonyl (C=O) groups is 2. The van der Waals surface area contributed by atoms with Gasteiger partial charge in [-0.2, -0.15) is 0 Å². The fourth-order valence-electron chi connectivity index (χ4n) is 2.97. The number of carboxylic acid groups (broad SMARTS) is 1. The molecule has 102 valence electrons. The number of carbonyl (C=O) groups excluding carboxylic acids is 1. The third-order valence-electron chi connectivity index (χ3n) is 4.25. The van der Waals surface area contributed by atoms with Crippen molar-refractivity contribution in [3.05, 3.63) is 0 Å². The Balaban J connectivity index is 1.93. The van der Waals surface area contributed by atoms with E-state index in [0.717, 1.165) is 38.3 Å². The van der Waals surface area contributed by atoms with Crippen LogP contribution in [0.5, 0.6) is 0 Å². The number of carboxylic acids is 1. The van der Waals surface area contributed by atoms with Crippen LogP contribution in [0.2, 0.25) is 0 Å². The second kappa shape index (κ2) is 5.59. The minimum atomic E-state index is -0.871. The van der Waals surface area contributed by atoms with Gasteiger partial charge in [-0.15, -0.1) is 0 Å². The predicted octanol–water partition coefficient (Wildman–Crippen LogP) is 1.78. The third kappa shape index (κ3) is 2.60. The van der Waals surface area contributed by atoms with Crippen LogP contribution in [0.1, 0.15) is 39.0 Å². The van der Waals surface area contributed by atoms with Crippen molar-refractivity contribution in [2.45, 2.75) is 45.1 Å². The Hall–Kier alpha value is -1.26. The molecule has 0 aromatic heterocycles. The highest BCUT2D eigenvalue weighted by molar-refractivity contribution is 5.83. The quantitative estimate of drug-likeness (QED) is 0.817. The molecule has 2 saturated heterocycles. The van der Waals surface area contributed by atoms with E-state index in [1.54, 1.807) is 0 Å². The van der Waals surface area contributed by atoms with Crippen LogP contribution >= 0.6 is 0 Å². The predicted molar refractivity (Wildman–Crippen MR) is 67.3 cm³/mol. The van der Waals surface area contributed by atoms with Crippen molar-refractivity contribution < 1.29 is 14.7 Å². The number of likely N-dealkylation sites (tertiary alicyclic amines) is 2. The van der Waals surface area contributed by atoms with Crippen molar-refractivity contribution in [2.75, 3.05) is 19.6 Å². The van der Waals surface area contributed by atoms with E-state index in [0.29, 0.717) is 13.0 Å². The van der Waals surface area contributed by atoms with Gasteiger partial charge >= 0.3 is 12.0 Å². The summed E-state index contributed by atoms with van der Waals surface area (Å²) < 4.78 is 0. The maximum atomic E-state index is 12.3. The maximum Gasteiger partial charge on any atom is 0.326 e. The normalized spacial score (nSPS) is 25.5. The minimum absolute atomic E-state index is 0.0746. The van der Waals surface area contributed by atoms with Crippen LogP contribution in [0.15, 0.2) is 0 Å². The molecule has 0 aromatic carbocycles. The molecule has 2 fully saturated rings. The zero-order valence-electron chi connectivity index (χ0n) is 11.0. The Labute approximate surface area is 108 Å². The molecule has 2 aliphatic heterocycles. The van der Waals surface area contributed by atoms with Crippen molar-refractivity contribution in [2.24, 2.45) is 5.92 Å². The van der Waals surface area contributed by atoms with Crippen molar-refractivity contribution in [1.29, 1.82) is 0 Å². The highest BCUT2D eigenvalue weighted by Gasteiger charge is 2.36. The van der Waals surface area contributed by atoms with E-state index in [9.17, 15) is 9.59 Å². The molecule has 18 heavy (non-hydrogen) atoms. The van der Waals surface area contributed by atoms with Gasteiger partial charge in [-0.3, -0.25) is 0 Å². The van der Waals surface area contributed by atoms with Crippen molar-refractivity contribution in [3.63, 3.8) is 0 Å². The molecule has 0 bridgehead atoms. The molecule has 5 heteroatoms.